The first-order chi connectivity index (χ1) is 9.04. The molecule has 2 aromatic rings. The Hall–Kier alpha value is -1.89. The van der Waals surface area contributed by atoms with E-state index < -0.39 is 0 Å². The van der Waals surface area contributed by atoms with Crippen molar-refractivity contribution in [2.75, 3.05) is 11.1 Å². The van der Waals surface area contributed by atoms with Crippen LogP contribution in [0, 0.1) is 19.7 Å². The number of amides is 1. The Morgan fingerprint density at radius 3 is 2.95 bits per heavy atom. The third-order valence-corrected chi connectivity index (χ3v) is 3.23. The van der Waals surface area contributed by atoms with Crippen LogP contribution < -0.4 is 5.32 Å². The van der Waals surface area contributed by atoms with Crippen LogP contribution in [0.15, 0.2) is 23.4 Å². The summed E-state index contributed by atoms with van der Waals surface area (Å²) >= 11 is 1.22. The van der Waals surface area contributed by atoms with Crippen molar-refractivity contribution >= 4 is 23.4 Å². The summed E-state index contributed by atoms with van der Waals surface area (Å²) in [5.74, 6) is 0.274. The molecular weight excluding hydrogens is 267 g/mol. The molecule has 0 aliphatic heterocycles. The first-order valence-electron chi connectivity index (χ1n) is 5.62. The van der Waals surface area contributed by atoms with Gasteiger partial charge in [0.05, 0.1) is 5.75 Å². The summed E-state index contributed by atoms with van der Waals surface area (Å²) in [4.78, 5) is 15.8. The third-order valence-electron chi connectivity index (χ3n) is 2.38. The van der Waals surface area contributed by atoms with Gasteiger partial charge in [0, 0.05) is 5.69 Å². The maximum Gasteiger partial charge on any atom is 0.234 e. The highest BCUT2D eigenvalue weighted by Crippen LogP contribution is 2.17. The van der Waals surface area contributed by atoms with Gasteiger partial charge in [-0.1, -0.05) is 17.8 Å². The molecular formula is C12H13FN4OS. The number of carbonyl (C=O) groups is 1. The second-order valence-electron chi connectivity index (χ2n) is 4.00. The molecule has 0 saturated heterocycles. The van der Waals surface area contributed by atoms with Crippen LogP contribution >= 0.6 is 11.8 Å². The molecule has 0 aliphatic carbocycles. The molecule has 0 radical (unpaired) electrons. The van der Waals surface area contributed by atoms with E-state index in [1.807, 2.05) is 0 Å². The number of nitrogens with one attached hydrogen (secondary N) is 2. The van der Waals surface area contributed by atoms with Crippen LogP contribution in [0.5, 0.6) is 0 Å². The monoisotopic (exact) mass is 280 g/mol. The Kier molecular flexibility index (Phi) is 4.16. The van der Waals surface area contributed by atoms with Crippen molar-refractivity contribution in [2.24, 2.45) is 0 Å². The summed E-state index contributed by atoms with van der Waals surface area (Å²) in [6.07, 6.45) is 0. The van der Waals surface area contributed by atoms with Gasteiger partial charge in [-0.25, -0.2) is 9.37 Å². The van der Waals surface area contributed by atoms with Crippen LogP contribution in [0.1, 0.15) is 11.4 Å². The fraction of sp³-hybridized carbons (Fsp3) is 0.250. The molecule has 5 nitrogen and oxygen atoms in total. The van der Waals surface area contributed by atoms with Gasteiger partial charge < -0.3 is 5.32 Å². The largest absolute Gasteiger partial charge is 0.325 e. The van der Waals surface area contributed by atoms with Crippen LogP contribution in [-0.4, -0.2) is 26.8 Å². The van der Waals surface area contributed by atoms with Gasteiger partial charge in [0.2, 0.25) is 11.1 Å². The molecule has 2 rings (SSSR count). The summed E-state index contributed by atoms with van der Waals surface area (Å²) < 4.78 is 13.1. The summed E-state index contributed by atoms with van der Waals surface area (Å²) in [6.45, 7) is 3.59. The molecule has 0 atom stereocenters. The number of benzene rings is 1. The highest BCUT2D eigenvalue weighted by atomic mass is 32.2. The number of nitrogens with zero attached hydrogens (tertiary/aromatic N) is 2. The standard InChI is InChI=1S/C12H13FN4OS/c1-7-3-4-9(13)5-10(7)15-11(18)6-19-12-14-8(2)16-17-12/h3-5H,6H2,1-2H3,(H,15,18)(H,14,16,17). The molecule has 0 aliphatic rings. The Labute approximate surface area is 114 Å². The number of aromatic nitrogens is 3. The minimum absolute atomic E-state index is 0.174. The Morgan fingerprint density at radius 2 is 2.26 bits per heavy atom. The number of carbonyl (C=O) groups excluding carboxylic acids is 1. The van der Waals surface area contributed by atoms with Crippen molar-refractivity contribution < 1.29 is 9.18 Å². The second-order valence-corrected chi connectivity index (χ2v) is 4.94. The minimum Gasteiger partial charge on any atom is -0.325 e. The molecule has 100 valence electrons. The highest BCUT2D eigenvalue weighted by molar-refractivity contribution is 7.99. The Balaban J connectivity index is 1.92. The van der Waals surface area contributed by atoms with E-state index in [1.54, 1.807) is 19.9 Å². The smallest absolute Gasteiger partial charge is 0.234 e. The molecule has 0 unspecified atom stereocenters. The molecule has 7 heteroatoms. The van der Waals surface area contributed by atoms with E-state index in [0.717, 1.165) is 5.56 Å². The van der Waals surface area contributed by atoms with Gasteiger partial charge in [-0.3, -0.25) is 9.89 Å². The number of hydrogen-bond acceptors (Lipinski definition) is 4. The normalized spacial score (nSPS) is 10.5. The van der Waals surface area contributed by atoms with Crippen molar-refractivity contribution in [1.29, 1.82) is 0 Å². The van der Waals surface area contributed by atoms with E-state index in [2.05, 4.69) is 20.5 Å². The van der Waals surface area contributed by atoms with Gasteiger partial charge in [-0.15, -0.1) is 5.10 Å². The van der Waals surface area contributed by atoms with Gasteiger partial charge in [-0.05, 0) is 31.5 Å². The predicted octanol–water partition coefficient (Wildman–Crippen LogP) is 2.29. The molecule has 1 heterocycles. The van der Waals surface area contributed by atoms with Crippen molar-refractivity contribution in [3.05, 3.63) is 35.4 Å². The Morgan fingerprint density at radius 1 is 1.47 bits per heavy atom. The number of halogens is 1. The predicted molar refractivity (Wildman–Crippen MR) is 71.6 cm³/mol. The topological polar surface area (TPSA) is 70.7 Å². The van der Waals surface area contributed by atoms with Gasteiger partial charge in [0.1, 0.15) is 11.6 Å². The molecule has 0 fully saturated rings. The molecule has 1 amide bonds. The summed E-state index contributed by atoms with van der Waals surface area (Å²) in [5.41, 5.74) is 1.30. The van der Waals surface area contributed by atoms with E-state index in [0.29, 0.717) is 16.7 Å². The fourth-order valence-electron chi connectivity index (χ4n) is 1.43. The number of anilines is 1. The SMILES string of the molecule is Cc1nc(SCC(=O)Nc2cc(F)ccc2C)n[nH]1. The van der Waals surface area contributed by atoms with Gasteiger partial charge in [-0.2, -0.15) is 0 Å². The van der Waals surface area contributed by atoms with Crippen molar-refractivity contribution in [1.82, 2.24) is 15.2 Å². The number of rotatable bonds is 4. The fourth-order valence-corrected chi connectivity index (χ4v) is 2.08. The third kappa shape index (κ3) is 3.78. The molecule has 0 bridgehead atoms. The number of hydrogen-bond donors (Lipinski definition) is 2. The summed E-state index contributed by atoms with van der Waals surface area (Å²) in [6, 6.07) is 4.28. The average molecular weight is 280 g/mol. The molecule has 0 spiro atoms. The number of aryl methyl sites for hydroxylation is 2. The minimum atomic E-state index is -0.377. The van der Waals surface area contributed by atoms with Crippen LogP contribution in [0.2, 0.25) is 0 Å². The van der Waals surface area contributed by atoms with Crippen LogP contribution in [0.25, 0.3) is 0 Å². The second kappa shape index (κ2) is 5.83. The zero-order chi connectivity index (χ0) is 13.8. The molecule has 19 heavy (non-hydrogen) atoms. The van der Waals surface area contributed by atoms with Crippen LogP contribution in [0.3, 0.4) is 0 Å². The first-order valence-corrected chi connectivity index (χ1v) is 6.61. The maximum absolute atomic E-state index is 13.1. The van der Waals surface area contributed by atoms with Gasteiger partial charge >= 0.3 is 0 Å². The lowest BCUT2D eigenvalue weighted by molar-refractivity contribution is -0.113. The van der Waals surface area contributed by atoms with Gasteiger partial charge in [0.15, 0.2) is 0 Å². The average Bonchev–Trinajstić information content (AvgIpc) is 2.77. The number of aromatic amines is 1. The van der Waals surface area contributed by atoms with Crippen LogP contribution in [0.4, 0.5) is 10.1 Å². The molecule has 1 aromatic carbocycles. The van der Waals surface area contributed by atoms with Crippen molar-refractivity contribution in [3.63, 3.8) is 0 Å². The zero-order valence-corrected chi connectivity index (χ0v) is 11.3. The summed E-state index contributed by atoms with van der Waals surface area (Å²) in [5, 5.41) is 9.79. The molecule has 1 aromatic heterocycles. The lowest BCUT2D eigenvalue weighted by Crippen LogP contribution is -2.15. The van der Waals surface area contributed by atoms with Crippen molar-refractivity contribution in [2.45, 2.75) is 19.0 Å². The lowest BCUT2D eigenvalue weighted by atomic mass is 10.2. The van der Waals surface area contributed by atoms with E-state index in [9.17, 15) is 9.18 Å². The zero-order valence-electron chi connectivity index (χ0n) is 10.5. The maximum atomic E-state index is 13.1. The number of H-pyrrole nitrogens is 1. The van der Waals surface area contributed by atoms with E-state index in [-0.39, 0.29) is 17.5 Å². The first kappa shape index (κ1) is 13.5. The Bertz CT molecular complexity index is 599. The quantitative estimate of drug-likeness (QED) is 0.843. The van der Waals surface area contributed by atoms with Crippen LogP contribution in [-0.2, 0) is 4.79 Å². The number of thioether (sulfide) groups is 1. The highest BCUT2D eigenvalue weighted by Gasteiger charge is 2.08. The van der Waals surface area contributed by atoms with E-state index >= 15 is 0 Å². The summed E-state index contributed by atoms with van der Waals surface area (Å²) in [7, 11) is 0. The molecule has 2 N–H and O–H groups in total. The van der Waals surface area contributed by atoms with E-state index in [4.69, 9.17) is 0 Å². The lowest BCUT2D eigenvalue weighted by Gasteiger charge is -2.07. The molecule has 0 saturated carbocycles. The van der Waals surface area contributed by atoms with Crippen molar-refractivity contribution in [3.8, 4) is 0 Å². The van der Waals surface area contributed by atoms with E-state index in [1.165, 1.54) is 23.9 Å². The van der Waals surface area contributed by atoms with Gasteiger partial charge in [0.25, 0.3) is 0 Å².